The number of piperidine rings is 1. The van der Waals surface area contributed by atoms with E-state index >= 15 is 0 Å². The Balaban J connectivity index is 1.65. The lowest BCUT2D eigenvalue weighted by Gasteiger charge is -2.32. The molecule has 2 aromatic heterocycles. The quantitative estimate of drug-likeness (QED) is 0.865. The Morgan fingerprint density at radius 2 is 2.27 bits per heavy atom. The molecule has 0 aromatic carbocycles. The summed E-state index contributed by atoms with van der Waals surface area (Å²) in [6.07, 6.45) is 6.74. The minimum Gasteiger partial charge on any atom is -0.472 e. The van der Waals surface area contributed by atoms with Crippen molar-refractivity contribution in [2.45, 2.75) is 25.9 Å². The van der Waals surface area contributed by atoms with E-state index in [1.807, 2.05) is 11.8 Å². The van der Waals surface area contributed by atoms with Crippen LogP contribution in [0.5, 0.6) is 5.88 Å². The van der Waals surface area contributed by atoms with E-state index in [9.17, 15) is 4.79 Å². The molecule has 1 aliphatic heterocycles. The van der Waals surface area contributed by atoms with Crippen molar-refractivity contribution in [2.75, 3.05) is 13.1 Å². The van der Waals surface area contributed by atoms with E-state index in [2.05, 4.69) is 15.0 Å². The van der Waals surface area contributed by atoms with Gasteiger partial charge >= 0.3 is 0 Å². The van der Waals surface area contributed by atoms with Gasteiger partial charge in [0.15, 0.2) is 0 Å². The molecule has 22 heavy (non-hydrogen) atoms. The Morgan fingerprint density at radius 1 is 1.36 bits per heavy atom. The predicted octanol–water partition coefficient (Wildman–Crippen LogP) is 1.86. The molecule has 1 aliphatic rings. The van der Waals surface area contributed by atoms with Crippen molar-refractivity contribution in [3.8, 4) is 5.88 Å². The van der Waals surface area contributed by atoms with Gasteiger partial charge in [-0.3, -0.25) is 9.78 Å². The molecule has 0 saturated carbocycles. The highest BCUT2D eigenvalue weighted by Crippen LogP contribution is 2.18. The SMILES string of the molecule is Cc1nccc(O[C@@H]2CCCN(C(=O)c3cccnc3)C2)n1. The molecule has 3 heterocycles. The van der Waals surface area contributed by atoms with Crippen LogP contribution in [0.15, 0.2) is 36.8 Å². The van der Waals surface area contributed by atoms with Crippen molar-refractivity contribution in [3.05, 3.63) is 48.2 Å². The zero-order valence-corrected chi connectivity index (χ0v) is 12.5. The molecule has 6 nitrogen and oxygen atoms in total. The largest absolute Gasteiger partial charge is 0.472 e. The van der Waals surface area contributed by atoms with E-state index in [0.29, 0.717) is 23.8 Å². The van der Waals surface area contributed by atoms with Gasteiger partial charge in [0.25, 0.3) is 5.91 Å². The predicted molar refractivity (Wildman–Crippen MR) is 80.6 cm³/mol. The fourth-order valence-corrected chi connectivity index (χ4v) is 2.56. The summed E-state index contributed by atoms with van der Waals surface area (Å²) in [6, 6.07) is 5.30. The summed E-state index contributed by atoms with van der Waals surface area (Å²) in [5.41, 5.74) is 0.612. The first-order valence-electron chi connectivity index (χ1n) is 7.38. The lowest BCUT2D eigenvalue weighted by atomic mass is 10.1. The Hall–Kier alpha value is -2.50. The number of amides is 1. The molecule has 0 unspecified atom stereocenters. The third-order valence-corrected chi connectivity index (χ3v) is 3.61. The Kier molecular flexibility index (Phi) is 4.27. The van der Waals surface area contributed by atoms with Crippen LogP contribution in [0.25, 0.3) is 0 Å². The minimum absolute atomic E-state index is 0.000248. The van der Waals surface area contributed by atoms with Crippen molar-refractivity contribution in [1.29, 1.82) is 0 Å². The van der Waals surface area contributed by atoms with Gasteiger partial charge in [0.05, 0.1) is 12.1 Å². The summed E-state index contributed by atoms with van der Waals surface area (Å²) in [6.45, 7) is 3.14. The van der Waals surface area contributed by atoms with Gasteiger partial charge in [-0.15, -0.1) is 0 Å². The van der Waals surface area contributed by atoms with Crippen LogP contribution in [-0.4, -0.2) is 45.0 Å². The fourth-order valence-electron chi connectivity index (χ4n) is 2.56. The van der Waals surface area contributed by atoms with E-state index in [1.165, 1.54) is 0 Å². The molecule has 2 aromatic rings. The van der Waals surface area contributed by atoms with Crippen LogP contribution >= 0.6 is 0 Å². The number of carbonyl (C=O) groups excluding carboxylic acids is 1. The van der Waals surface area contributed by atoms with Crippen molar-refractivity contribution in [1.82, 2.24) is 19.9 Å². The van der Waals surface area contributed by atoms with Gasteiger partial charge in [-0.1, -0.05) is 0 Å². The summed E-state index contributed by atoms with van der Waals surface area (Å²) >= 11 is 0. The topological polar surface area (TPSA) is 68.2 Å². The number of likely N-dealkylation sites (tertiary alicyclic amines) is 1. The third kappa shape index (κ3) is 3.39. The highest BCUT2D eigenvalue weighted by atomic mass is 16.5. The number of rotatable bonds is 3. The smallest absolute Gasteiger partial charge is 0.255 e. The van der Waals surface area contributed by atoms with Crippen LogP contribution in [0.1, 0.15) is 29.0 Å². The molecular weight excluding hydrogens is 280 g/mol. The summed E-state index contributed by atoms with van der Waals surface area (Å²) in [4.78, 5) is 26.6. The molecule has 0 bridgehead atoms. The van der Waals surface area contributed by atoms with Crippen LogP contribution < -0.4 is 4.74 Å². The van der Waals surface area contributed by atoms with Crippen molar-refractivity contribution >= 4 is 5.91 Å². The molecule has 3 rings (SSSR count). The summed E-state index contributed by atoms with van der Waals surface area (Å²) in [7, 11) is 0. The van der Waals surface area contributed by atoms with Crippen LogP contribution in [0.3, 0.4) is 0 Å². The maximum atomic E-state index is 12.5. The summed E-state index contributed by atoms with van der Waals surface area (Å²) in [5, 5.41) is 0. The number of aromatic nitrogens is 3. The van der Waals surface area contributed by atoms with Gasteiger partial charge in [-0.25, -0.2) is 4.98 Å². The lowest BCUT2D eigenvalue weighted by Crippen LogP contribution is -2.44. The molecule has 1 saturated heterocycles. The third-order valence-electron chi connectivity index (χ3n) is 3.61. The monoisotopic (exact) mass is 298 g/mol. The molecule has 114 valence electrons. The standard InChI is InChI=1S/C16H18N4O2/c1-12-18-8-6-15(19-12)22-14-5-3-9-20(11-14)16(21)13-4-2-7-17-10-13/h2,4,6-8,10,14H,3,5,9,11H2,1H3/t14-/m1/s1. The van der Waals surface area contributed by atoms with Crippen molar-refractivity contribution in [2.24, 2.45) is 0 Å². The molecule has 0 N–H and O–H groups in total. The highest BCUT2D eigenvalue weighted by molar-refractivity contribution is 5.93. The minimum atomic E-state index is -0.0383. The van der Waals surface area contributed by atoms with Gasteiger partial charge in [-0.05, 0) is 31.9 Å². The van der Waals surface area contributed by atoms with Crippen LogP contribution in [0.2, 0.25) is 0 Å². The second-order valence-corrected chi connectivity index (χ2v) is 5.32. The number of hydrogen-bond acceptors (Lipinski definition) is 5. The van der Waals surface area contributed by atoms with Gasteiger partial charge in [-0.2, -0.15) is 4.98 Å². The van der Waals surface area contributed by atoms with Gasteiger partial charge < -0.3 is 9.64 Å². The normalized spacial score (nSPS) is 18.0. The number of aryl methyl sites for hydroxylation is 1. The number of pyridine rings is 1. The van der Waals surface area contributed by atoms with E-state index < -0.39 is 0 Å². The average molecular weight is 298 g/mol. The van der Waals surface area contributed by atoms with E-state index in [1.54, 1.807) is 36.8 Å². The second kappa shape index (κ2) is 6.51. The molecule has 0 aliphatic carbocycles. The van der Waals surface area contributed by atoms with E-state index in [-0.39, 0.29) is 12.0 Å². The first kappa shape index (κ1) is 14.4. The van der Waals surface area contributed by atoms with Crippen molar-refractivity contribution < 1.29 is 9.53 Å². The zero-order chi connectivity index (χ0) is 15.4. The number of carbonyl (C=O) groups is 1. The van der Waals surface area contributed by atoms with E-state index in [0.717, 1.165) is 19.4 Å². The van der Waals surface area contributed by atoms with Crippen LogP contribution in [0.4, 0.5) is 0 Å². The lowest BCUT2D eigenvalue weighted by molar-refractivity contribution is 0.0526. The Bertz CT molecular complexity index is 648. The summed E-state index contributed by atoms with van der Waals surface area (Å²) in [5.74, 6) is 1.24. The Morgan fingerprint density at radius 3 is 3.05 bits per heavy atom. The average Bonchev–Trinajstić information content (AvgIpc) is 2.55. The summed E-state index contributed by atoms with van der Waals surface area (Å²) < 4.78 is 5.89. The molecule has 0 spiro atoms. The van der Waals surface area contributed by atoms with Crippen LogP contribution in [0, 0.1) is 6.92 Å². The molecule has 1 amide bonds. The fraction of sp³-hybridized carbons (Fsp3) is 0.375. The molecule has 6 heteroatoms. The second-order valence-electron chi connectivity index (χ2n) is 5.32. The number of nitrogens with zero attached hydrogens (tertiary/aromatic N) is 4. The molecule has 0 radical (unpaired) electrons. The molecular formula is C16H18N4O2. The zero-order valence-electron chi connectivity index (χ0n) is 12.5. The first-order valence-corrected chi connectivity index (χ1v) is 7.38. The highest BCUT2D eigenvalue weighted by Gasteiger charge is 2.26. The molecule has 1 fully saturated rings. The van der Waals surface area contributed by atoms with Crippen LogP contribution in [-0.2, 0) is 0 Å². The van der Waals surface area contributed by atoms with Gasteiger partial charge in [0, 0.05) is 31.2 Å². The molecule has 1 atom stereocenters. The van der Waals surface area contributed by atoms with Gasteiger partial charge in [0.2, 0.25) is 5.88 Å². The maximum Gasteiger partial charge on any atom is 0.255 e. The van der Waals surface area contributed by atoms with E-state index in [4.69, 9.17) is 4.74 Å². The van der Waals surface area contributed by atoms with Gasteiger partial charge in [0.1, 0.15) is 11.9 Å². The Labute approximate surface area is 129 Å². The maximum absolute atomic E-state index is 12.5. The first-order chi connectivity index (χ1) is 10.7. The van der Waals surface area contributed by atoms with Crippen molar-refractivity contribution in [3.63, 3.8) is 0 Å². The number of hydrogen-bond donors (Lipinski definition) is 0. The number of ether oxygens (including phenoxy) is 1.